The van der Waals surface area contributed by atoms with Crippen LogP contribution < -0.4 is 14.8 Å². The van der Waals surface area contributed by atoms with Crippen molar-refractivity contribution in [3.63, 3.8) is 0 Å². The number of rotatable bonds is 6. The van der Waals surface area contributed by atoms with Gasteiger partial charge in [0.25, 0.3) is 5.91 Å². The zero-order valence-electron chi connectivity index (χ0n) is 11.0. The van der Waals surface area contributed by atoms with Crippen molar-refractivity contribution in [2.75, 3.05) is 20.3 Å². The van der Waals surface area contributed by atoms with Gasteiger partial charge in [-0.1, -0.05) is 12.1 Å². The van der Waals surface area contributed by atoms with Gasteiger partial charge in [0.2, 0.25) is 0 Å². The van der Waals surface area contributed by atoms with Crippen LogP contribution in [0.4, 0.5) is 0 Å². The number of nitrogens with one attached hydrogen (secondary N) is 1. The normalized spacial score (nSPS) is 16.3. The summed E-state index contributed by atoms with van der Waals surface area (Å²) in [6, 6.07) is 7.17. The lowest BCUT2D eigenvalue weighted by molar-refractivity contribution is -0.127. The molecule has 0 saturated heterocycles. The average molecular weight is 265 g/mol. The largest absolute Gasteiger partial charge is 0.493 e. The van der Waals surface area contributed by atoms with Crippen molar-refractivity contribution >= 4 is 5.91 Å². The van der Waals surface area contributed by atoms with E-state index >= 15 is 0 Å². The van der Waals surface area contributed by atoms with E-state index in [1.807, 2.05) is 12.1 Å². The molecular weight excluding hydrogens is 246 g/mol. The maximum Gasteiger partial charge on any atom is 0.258 e. The van der Waals surface area contributed by atoms with Crippen molar-refractivity contribution < 1.29 is 19.4 Å². The number of hydrogen-bond donors (Lipinski definition) is 2. The number of benzene rings is 1. The summed E-state index contributed by atoms with van der Waals surface area (Å²) < 4.78 is 10.6. The minimum Gasteiger partial charge on any atom is -0.493 e. The van der Waals surface area contributed by atoms with E-state index in [1.54, 1.807) is 19.2 Å². The monoisotopic (exact) mass is 265 g/mol. The zero-order valence-corrected chi connectivity index (χ0v) is 11.0. The molecule has 19 heavy (non-hydrogen) atoms. The summed E-state index contributed by atoms with van der Waals surface area (Å²) in [6.45, 7) is -0.102. The van der Waals surface area contributed by atoms with E-state index < -0.39 is 5.54 Å². The molecule has 1 aliphatic rings. The zero-order chi connectivity index (χ0) is 13.7. The van der Waals surface area contributed by atoms with Gasteiger partial charge in [-0.05, 0) is 31.4 Å². The fourth-order valence-corrected chi connectivity index (χ4v) is 2.14. The number of carbonyl (C=O) groups is 1. The van der Waals surface area contributed by atoms with Crippen LogP contribution in [-0.2, 0) is 4.79 Å². The summed E-state index contributed by atoms with van der Waals surface area (Å²) in [6.07, 6.45) is 2.68. The van der Waals surface area contributed by atoms with Gasteiger partial charge in [0, 0.05) is 0 Å². The Morgan fingerprint density at radius 1 is 1.37 bits per heavy atom. The summed E-state index contributed by atoms with van der Waals surface area (Å²) in [4.78, 5) is 11.8. The van der Waals surface area contributed by atoms with Crippen LogP contribution in [0.15, 0.2) is 24.3 Å². The molecule has 1 aliphatic carbocycles. The Morgan fingerprint density at radius 2 is 2.05 bits per heavy atom. The maximum atomic E-state index is 11.8. The molecule has 0 spiro atoms. The first-order valence-electron chi connectivity index (χ1n) is 6.37. The van der Waals surface area contributed by atoms with Gasteiger partial charge in [0.1, 0.15) is 0 Å². The van der Waals surface area contributed by atoms with Crippen LogP contribution in [-0.4, -0.2) is 36.9 Å². The van der Waals surface area contributed by atoms with Crippen LogP contribution in [0.5, 0.6) is 11.5 Å². The second-order valence-corrected chi connectivity index (χ2v) is 4.78. The minimum atomic E-state index is -0.429. The van der Waals surface area contributed by atoms with E-state index in [4.69, 9.17) is 9.47 Å². The summed E-state index contributed by atoms with van der Waals surface area (Å²) in [5.74, 6) is 0.905. The van der Waals surface area contributed by atoms with Crippen molar-refractivity contribution in [1.29, 1.82) is 0 Å². The highest BCUT2D eigenvalue weighted by atomic mass is 16.5. The first-order chi connectivity index (χ1) is 9.19. The Bertz CT molecular complexity index is 437. The number of carbonyl (C=O) groups excluding carboxylic acids is 1. The highest BCUT2D eigenvalue weighted by molar-refractivity contribution is 5.78. The Morgan fingerprint density at radius 3 is 2.58 bits per heavy atom. The third-order valence-corrected chi connectivity index (χ3v) is 3.45. The third-order valence-electron chi connectivity index (χ3n) is 3.45. The van der Waals surface area contributed by atoms with E-state index in [2.05, 4.69) is 5.32 Å². The van der Waals surface area contributed by atoms with E-state index in [1.165, 1.54) is 0 Å². The predicted octanol–water partition coefficient (Wildman–Crippen LogP) is 1.11. The highest BCUT2D eigenvalue weighted by Gasteiger charge is 2.37. The second kappa shape index (κ2) is 5.93. The Hall–Kier alpha value is -1.75. The molecule has 2 N–H and O–H groups in total. The van der Waals surface area contributed by atoms with Gasteiger partial charge in [-0.3, -0.25) is 4.79 Å². The van der Waals surface area contributed by atoms with Crippen molar-refractivity contribution in [2.24, 2.45) is 0 Å². The van der Waals surface area contributed by atoms with Gasteiger partial charge in [-0.15, -0.1) is 0 Å². The number of para-hydroxylation sites is 2. The molecule has 2 rings (SSSR count). The van der Waals surface area contributed by atoms with Crippen LogP contribution in [0.3, 0.4) is 0 Å². The van der Waals surface area contributed by atoms with E-state index in [0.29, 0.717) is 11.5 Å². The first kappa shape index (κ1) is 13.7. The lowest BCUT2D eigenvalue weighted by Gasteiger charge is -2.40. The van der Waals surface area contributed by atoms with Gasteiger partial charge < -0.3 is 19.9 Å². The van der Waals surface area contributed by atoms with Crippen molar-refractivity contribution in [2.45, 2.75) is 24.8 Å². The molecule has 104 valence electrons. The molecule has 1 saturated carbocycles. The summed E-state index contributed by atoms with van der Waals surface area (Å²) in [5.41, 5.74) is -0.429. The molecule has 0 bridgehead atoms. The Balaban J connectivity index is 1.86. The molecule has 1 amide bonds. The molecule has 5 nitrogen and oxygen atoms in total. The Kier molecular flexibility index (Phi) is 4.27. The van der Waals surface area contributed by atoms with Crippen molar-refractivity contribution in [1.82, 2.24) is 5.32 Å². The van der Waals surface area contributed by atoms with Crippen LogP contribution in [0.25, 0.3) is 0 Å². The van der Waals surface area contributed by atoms with Crippen LogP contribution >= 0.6 is 0 Å². The van der Waals surface area contributed by atoms with Gasteiger partial charge in [0.05, 0.1) is 19.3 Å². The highest BCUT2D eigenvalue weighted by Crippen LogP contribution is 2.31. The molecule has 0 heterocycles. The molecular formula is C14H19NO4. The van der Waals surface area contributed by atoms with Gasteiger partial charge in [0.15, 0.2) is 18.1 Å². The number of aliphatic hydroxyl groups is 1. The molecule has 0 unspecified atom stereocenters. The third kappa shape index (κ3) is 3.17. The van der Waals surface area contributed by atoms with Gasteiger partial charge >= 0.3 is 0 Å². The summed E-state index contributed by atoms with van der Waals surface area (Å²) in [5, 5.41) is 12.1. The minimum absolute atomic E-state index is 0.0204. The molecule has 1 aromatic carbocycles. The summed E-state index contributed by atoms with van der Waals surface area (Å²) >= 11 is 0. The molecule has 1 aromatic rings. The van der Waals surface area contributed by atoms with E-state index in [-0.39, 0.29) is 19.1 Å². The SMILES string of the molecule is COc1ccccc1OCC(=O)NC1(CO)CCC1. The molecule has 0 radical (unpaired) electrons. The van der Waals surface area contributed by atoms with Gasteiger partial charge in [-0.2, -0.15) is 0 Å². The average Bonchev–Trinajstić information content (AvgIpc) is 2.41. The standard InChI is InChI=1S/C14H19NO4/c1-18-11-5-2-3-6-12(11)19-9-13(17)15-14(10-16)7-4-8-14/h2-3,5-6,16H,4,7-10H2,1H3,(H,15,17). The number of methoxy groups -OCH3 is 1. The van der Waals surface area contributed by atoms with Crippen LogP contribution in [0.2, 0.25) is 0 Å². The Labute approximate surface area is 112 Å². The lowest BCUT2D eigenvalue weighted by Crippen LogP contribution is -2.57. The topological polar surface area (TPSA) is 67.8 Å². The lowest BCUT2D eigenvalue weighted by atomic mass is 9.77. The smallest absolute Gasteiger partial charge is 0.258 e. The van der Waals surface area contributed by atoms with E-state index in [0.717, 1.165) is 19.3 Å². The second-order valence-electron chi connectivity index (χ2n) is 4.78. The van der Waals surface area contributed by atoms with Crippen molar-refractivity contribution in [3.8, 4) is 11.5 Å². The number of ether oxygens (including phenoxy) is 2. The predicted molar refractivity (Wildman–Crippen MR) is 70.3 cm³/mol. The molecule has 0 aromatic heterocycles. The van der Waals surface area contributed by atoms with Crippen LogP contribution in [0, 0.1) is 0 Å². The molecule has 0 aliphatic heterocycles. The molecule has 5 heteroatoms. The fourth-order valence-electron chi connectivity index (χ4n) is 2.14. The quantitative estimate of drug-likeness (QED) is 0.808. The first-order valence-corrected chi connectivity index (χ1v) is 6.37. The maximum absolute atomic E-state index is 11.8. The molecule has 1 fully saturated rings. The van der Waals surface area contributed by atoms with Gasteiger partial charge in [-0.25, -0.2) is 0 Å². The fraction of sp³-hybridized carbons (Fsp3) is 0.500. The number of hydrogen-bond acceptors (Lipinski definition) is 4. The van der Waals surface area contributed by atoms with Crippen LogP contribution in [0.1, 0.15) is 19.3 Å². The van der Waals surface area contributed by atoms with E-state index in [9.17, 15) is 9.90 Å². The number of amides is 1. The number of aliphatic hydroxyl groups excluding tert-OH is 1. The summed E-state index contributed by atoms with van der Waals surface area (Å²) in [7, 11) is 1.55. The van der Waals surface area contributed by atoms with Crippen molar-refractivity contribution in [3.05, 3.63) is 24.3 Å². The molecule has 0 atom stereocenters.